The summed E-state index contributed by atoms with van der Waals surface area (Å²) in [7, 11) is 0. The maximum absolute atomic E-state index is 12.0. The Morgan fingerprint density at radius 3 is 2.56 bits per heavy atom. The number of amides is 1. The van der Waals surface area contributed by atoms with E-state index in [1.807, 2.05) is 13.8 Å². The van der Waals surface area contributed by atoms with E-state index in [9.17, 15) is 4.79 Å². The number of hydrogen-bond donors (Lipinski definition) is 1. The molecule has 0 radical (unpaired) electrons. The molecule has 0 unspecified atom stereocenters. The standard InChI is InChI=1S/C11H14N4O2S/c1-5(2)10-13-14-11(18-10)12-9(16)8-6(3)15-17-7(8)4/h5H,1-4H3,(H,12,14,16). The van der Waals surface area contributed by atoms with Gasteiger partial charge in [0.2, 0.25) is 5.13 Å². The van der Waals surface area contributed by atoms with Gasteiger partial charge in [-0.2, -0.15) is 0 Å². The van der Waals surface area contributed by atoms with Crippen molar-refractivity contribution in [3.8, 4) is 0 Å². The molecule has 2 aromatic heterocycles. The molecule has 1 amide bonds. The Balaban J connectivity index is 2.16. The van der Waals surface area contributed by atoms with E-state index < -0.39 is 0 Å². The fourth-order valence-corrected chi connectivity index (χ4v) is 2.23. The lowest BCUT2D eigenvalue weighted by molar-refractivity contribution is 0.102. The largest absolute Gasteiger partial charge is 0.361 e. The zero-order chi connectivity index (χ0) is 13.3. The Bertz CT molecular complexity index is 554. The van der Waals surface area contributed by atoms with Crippen molar-refractivity contribution < 1.29 is 9.32 Å². The minimum atomic E-state index is -0.266. The van der Waals surface area contributed by atoms with Crippen molar-refractivity contribution in [2.45, 2.75) is 33.6 Å². The van der Waals surface area contributed by atoms with Crippen LogP contribution in [0.4, 0.5) is 5.13 Å². The minimum absolute atomic E-state index is 0.266. The molecule has 18 heavy (non-hydrogen) atoms. The van der Waals surface area contributed by atoms with Crippen LogP contribution in [-0.4, -0.2) is 21.3 Å². The Kier molecular flexibility index (Phi) is 3.42. The van der Waals surface area contributed by atoms with Crippen molar-refractivity contribution >= 4 is 22.4 Å². The van der Waals surface area contributed by atoms with Gasteiger partial charge in [-0.1, -0.05) is 30.3 Å². The molecule has 0 fully saturated rings. The second-order valence-electron chi connectivity index (χ2n) is 4.25. The number of carbonyl (C=O) groups is 1. The van der Waals surface area contributed by atoms with Crippen LogP contribution in [-0.2, 0) is 0 Å². The van der Waals surface area contributed by atoms with Gasteiger partial charge in [-0.3, -0.25) is 10.1 Å². The van der Waals surface area contributed by atoms with Gasteiger partial charge in [0.05, 0.1) is 5.69 Å². The van der Waals surface area contributed by atoms with E-state index in [4.69, 9.17) is 4.52 Å². The minimum Gasteiger partial charge on any atom is -0.361 e. The molecule has 1 N–H and O–H groups in total. The number of nitrogens with one attached hydrogen (secondary N) is 1. The molecule has 0 aliphatic rings. The van der Waals surface area contributed by atoms with Crippen molar-refractivity contribution in [3.63, 3.8) is 0 Å². The molecule has 2 rings (SSSR count). The third-order valence-electron chi connectivity index (χ3n) is 2.42. The summed E-state index contributed by atoms with van der Waals surface area (Å²) in [6.45, 7) is 7.49. The van der Waals surface area contributed by atoms with Crippen LogP contribution in [0.1, 0.15) is 46.6 Å². The lowest BCUT2D eigenvalue weighted by Crippen LogP contribution is -2.13. The van der Waals surface area contributed by atoms with Crippen LogP contribution in [0.5, 0.6) is 0 Å². The van der Waals surface area contributed by atoms with E-state index in [1.54, 1.807) is 13.8 Å². The highest BCUT2D eigenvalue weighted by molar-refractivity contribution is 7.15. The fraction of sp³-hybridized carbons (Fsp3) is 0.455. The molecule has 0 atom stereocenters. The van der Waals surface area contributed by atoms with Crippen molar-refractivity contribution in [3.05, 3.63) is 22.0 Å². The Morgan fingerprint density at radius 1 is 1.33 bits per heavy atom. The highest BCUT2D eigenvalue weighted by atomic mass is 32.1. The van der Waals surface area contributed by atoms with E-state index in [0.29, 0.717) is 28.1 Å². The smallest absolute Gasteiger partial charge is 0.263 e. The summed E-state index contributed by atoms with van der Waals surface area (Å²) < 4.78 is 4.95. The number of nitrogens with zero attached hydrogens (tertiary/aromatic N) is 3. The number of hydrogen-bond acceptors (Lipinski definition) is 6. The van der Waals surface area contributed by atoms with Crippen LogP contribution >= 0.6 is 11.3 Å². The summed E-state index contributed by atoms with van der Waals surface area (Å²) >= 11 is 1.37. The van der Waals surface area contributed by atoms with Crippen LogP contribution < -0.4 is 5.32 Å². The number of aromatic nitrogens is 3. The summed E-state index contributed by atoms with van der Waals surface area (Å²) in [5.74, 6) is 0.531. The number of aryl methyl sites for hydroxylation is 2. The molecule has 0 saturated carbocycles. The molecule has 0 aliphatic heterocycles. The average molecular weight is 266 g/mol. The zero-order valence-electron chi connectivity index (χ0n) is 10.6. The molecular weight excluding hydrogens is 252 g/mol. The molecule has 0 saturated heterocycles. The molecule has 7 heteroatoms. The van der Waals surface area contributed by atoms with Gasteiger partial charge in [-0.15, -0.1) is 10.2 Å². The Labute approximate surface area is 108 Å². The third-order valence-corrected chi connectivity index (χ3v) is 3.55. The molecule has 0 aromatic carbocycles. The third kappa shape index (κ3) is 2.40. The quantitative estimate of drug-likeness (QED) is 0.923. The van der Waals surface area contributed by atoms with Crippen molar-refractivity contribution in [1.82, 2.24) is 15.4 Å². The van der Waals surface area contributed by atoms with Gasteiger partial charge in [0.15, 0.2) is 0 Å². The normalized spacial score (nSPS) is 10.9. The van der Waals surface area contributed by atoms with E-state index in [-0.39, 0.29) is 5.91 Å². The SMILES string of the molecule is Cc1noc(C)c1C(=O)Nc1nnc(C(C)C)s1. The van der Waals surface area contributed by atoms with Crippen LogP contribution in [0.2, 0.25) is 0 Å². The van der Waals surface area contributed by atoms with Crippen molar-refractivity contribution in [2.75, 3.05) is 5.32 Å². The summed E-state index contributed by atoms with van der Waals surface area (Å²) in [4.78, 5) is 12.0. The molecule has 0 bridgehead atoms. The average Bonchev–Trinajstić information content (AvgIpc) is 2.86. The van der Waals surface area contributed by atoms with Gasteiger partial charge in [0.1, 0.15) is 16.3 Å². The van der Waals surface area contributed by atoms with Gasteiger partial charge < -0.3 is 4.52 Å². The van der Waals surface area contributed by atoms with Crippen molar-refractivity contribution in [2.24, 2.45) is 0 Å². The molecule has 96 valence electrons. The van der Waals surface area contributed by atoms with E-state index in [0.717, 1.165) is 5.01 Å². The van der Waals surface area contributed by atoms with E-state index >= 15 is 0 Å². The predicted molar refractivity (Wildman–Crippen MR) is 67.9 cm³/mol. The summed E-state index contributed by atoms with van der Waals surface area (Å²) in [6, 6.07) is 0. The number of rotatable bonds is 3. The van der Waals surface area contributed by atoms with Gasteiger partial charge in [0, 0.05) is 5.92 Å². The molecular formula is C11H14N4O2S. The molecule has 6 nitrogen and oxygen atoms in total. The summed E-state index contributed by atoms with van der Waals surface area (Å²) in [5.41, 5.74) is 1.02. The van der Waals surface area contributed by atoms with Crippen molar-refractivity contribution in [1.29, 1.82) is 0 Å². The van der Waals surface area contributed by atoms with Gasteiger partial charge in [-0.25, -0.2) is 0 Å². The highest BCUT2D eigenvalue weighted by Crippen LogP contribution is 2.23. The molecule has 2 heterocycles. The second-order valence-corrected chi connectivity index (χ2v) is 5.26. The van der Waals surface area contributed by atoms with Crippen LogP contribution in [0, 0.1) is 13.8 Å². The van der Waals surface area contributed by atoms with E-state index in [2.05, 4.69) is 20.7 Å². The maximum Gasteiger partial charge on any atom is 0.263 e. The van der Waals surface area contributed by atoms with Gasteiger partial charge in [0.25, 0.3) is 5.91 Å². The Hall–Kier alpha value is -1.76. The van der Waals surface area contributed by atoms with E-state index in [1.165, 1.54) is 11.3 Å². The first-order valence-electron chi connectivity index (χ1n) is 5.56. The summed E-state index contributed by atoms with van der Waals surface area (Å²) in [6.07, 6.45) is 0. The predicted octanol–water partition coefficient (Wildman–Crippen LogP) is 2.52. The fourth-order valence-electron chi connectivity index (χ4n) is 1.49. The molecule has 0 spiro atoms. The van der Waals surface area contributed by atoms with Gasteiger partial charge in [-0.05, 0) is 13.8 Å². The highest BCUT2D eigenvalue weighted by Gasteiger charge is 2.19. The van der Waals surface area contributed by atoms with Crippen LogP contribution in [0.15, 0.2) is 4.52 Å². The molecule has 0 aliphatic carbocycles. The van der Waals surface area contributed by atoms with Crippen LogP contribution in [0.3, 0.4) is 0 Å². The molecule has 2 aromatic rings. The monoisotopic (exact) mass is 266 g/mol. The lowest BCUT2D eigenvalue weighted by Gasteiger charge is -1.99. The second kappa shape index (κ2) is 4.85. The topological polar surface area (TPSA) is 80.9 Å². The lowest BCUT2D eigenvalue weighted by atomic mass is 10.2. The number of carbonyl (C=O) groups excluding carboxylic acids is 1. The van der Waals surface area contributed by atoms with Crippen LogP contribution in [0.25, 0.3) is 0 Å². The maximum atomic E-state index is 12.0. The number of anilines is 1. The first kappa shape index (κ1) is 12.7. The Morgan fingerprint density at radius 2 is 2.06 bits per heavy atom. The zero-order valence-corrected chi connectivity index (χ0v) is 11.5. The van der Waals surface area contributed by atoms with Gasteiger partial charge >= 0.3 is 0 Å². The summed E-state index contributed by atoms with van der Waals surface area (Å²) in [5, 5.41) is 15.8. The first-order valence-corrected chi connectivity index (χ1v) is 6.38. The first-order chi connectivity index (χ1) is 8.49.